The summed E-state index contributed by atoms with van der Waals surface area (Å²) < 4.78 is 2.11. The number of hydrogen-bond donors (Lipinski definition) is 0. The summed E-state index contributed by atoms with van der Waals surface area (Å²) in [4.78, 5) is 33.6. The van der Waals surface area contributed by atoms with E-state index < -0.39 is 23.7 Å². The Morgan fingerprint density at radius 2 is 1.71 bits per heavy atom. The van der Waals surface area contributed by atoms with E-state index in [9.17, 15) is 9.59 Å². The summed E-state index contributed by atoms with van der Waals surface area (Å²) in [6, 6.07) is 16.4. The van der Waals surface area contributed by atoms with Gasteiger partial charge in [0, 0.05) is 36.8 Å². The minimum Gasteiger partial charge on any atom is -0.332 e. The summed E-state index contributed by atoms with van der Waals surface area (Å²) in [6.45, 7) is 11.6. The minimum absolute atomic E-state index is 0.0868. The highest BCUT2D eigenvalue weighted by Crippen LogP contribution is 2.50. The second kappa shape index (κ2) is 6.71. The first-order valence-corrected chi connectivity index (χ1v) is 10.5. The van der Waals surface area contributed by atoms with Crippen LogP contribution in [0, 0.1) is 6.57 Å². The predicted molar refractivity (Wildman–Crippen MR) is 119 cm³/mol. The van der Waals surface area contributed by atoms with Crippen LogP contribution < -0.4 is 0 Å². The first-order valence-electron chi connectivity index (χ1n) is 10.5. The molecule has 1 unspecified atom stereocenters. The average Bonchev–Trinajstić information content (AvgIpc) is 3.32. The van der Waals surface area contributed by atoms with Crippen LogP contribution in [0.5, 0.6) is 0 Å². The Bertz CT molecular complexity index is 1240. The molecule has 156 valence electrons. The number of amides is 2. The van der Waals surface area contributed by atoms with E-state index in [1.807, 2.05) is 67.7 Å². The van der Waals surface area contributed by atoms with Gasteiger partial charge in [-0.3, -0.25) is 9.59 Å². The third-order valence-electron chi connectivity index (χ3n) is 6.96. The van der Waals surface area contributed by atoms with Crippen molar-refractivity contribution in [3.8, 4) is 5.69 Å². The molecule has 2 aromatic carbocycles. The van der Waals surface area contributed by atoms with E-state index in [0.717, 1.165) is 22.2 Å². The number of rotatable bonds is 2. The fraction of sp³-hybridized carbons (Fsp3) is 0.320. The molecule has 0 spiro atoms. The Kier molecular flexibility index (Phi) is 4.19. The lowest BCUT2D eigenvalue weighted by Crippen LogP contribution is -2.60. The number of para-hydroxylation sites is 2. The molecule has 31 heavy (non-hydrogen) atoms. The standard InChI is InChI=1S/C25H24N4O2/c1-16-23(30)29-21(24(31)27(16)4)14-25(2,26-3)22(29)19-15-28(17-10-6-5-7-11-17)20-13-9-8-12-18(19)20/h5-13,15-16,21-22H,14H2,1-2,4H3/t16-,21+,22?,25+/m1/s1. The van der Waals surface area contributed by atoms with E-state index in [1.165, 1.54) is 4.90 Å². The molecule has 4 atom stereocenters. The van der Waals surface area contributed by atoms with Gasteiger partial charge in [0.1, 0.15) is 18.1 Å². The van der Waals surface area contributed by atoms with Crippen LogP contribution in [-0.4, -0.2) is 50.9 Å². The second-order valence-electron chi connectivity index (χ2n) is 8.77. The fourth-order valence-corrected chi connectivity index (χ4v) is 5.19. The maximum absolute atomic E-state index is 13.4. The number of likely N-dealkylation sites (N-methyl/N-ethyl adjacent to an activating group) is 1. The Hall–Kier alpha value is -3.59. The summed E-state index contributed by atoms with van der Waals surface area (Å²) in [7, 11) is 1.67. The molecule has 2 aliphatic rings. The highest BCUT2D eigenvalue weighted by molar-refractivity contribution is 5.98. The van der Waals surface area contributed by atoms with Crippen molar-refractivity contribution < 1.29 is 9.59 Å². The third kappa shape index (κ3) is 2.63. The summed E-state index contributed by atoms with van der Waals surface area (Å²) in [5, 5.41) is 0.999. The Morgan fingerprint density at radius 1 is 1.03 bits per heavy atom. The first kappa shape index (κ1) is 19.4. The largest absolute Gasteiger partial charge is 0.332 e. The fourth-order valence-electron chi connectivity index (χ4n) is 5.19. The van der Waals surface area contributed by atoms with Crippen LogP contribution in [-0.2, 0) is 9.59 Å². The molecule has 0 aliphatic carbocycles. The highest BCUT2D eigenvalue weighted by atomic mass is 16.2. The zero-order valence-corrected chi connectivity index (χ0v) is 17.8. The number of hydrogen-bond acceptors (Lipinski definition) is 2. The van der Waals surface area contributed by atoms with E-state index in [4.69, 9.17) is 6.57 Å². The topological polar surface area (TPSA) is 49.9 Å². The van der Waals surface area contributed by atoms with E-state index in [2.05, 4.69) is 9.41 Å². The Balaban J connectivity index is 1.75. The number of piperazine rings is 1. The summed E-state index contributed by atoms with van der Waals surface area (Å²) >= 11 is 0. The monoisotopic (exact) mass is 412 g/mol. The molecule has 1 aromatic heterocycles. The van der Waals surface area contributed by atoms with Crippen LogP contribution in [0.2, 0.25) is 0 Å². The lowest BCUT2D eigenvalue weighted by Gasteiger charge is -2.40. The van der Waals surface area contributed by atoms with Crippen molar-refractivity contribution in [2.45, 2.75) is 43.9 Å². The normalized spacial score (nSPS) is 28.1. The molecule has 0 saturated carbocycles. The maximum atomic E-state index is 13.4. The van der Waals surface area contributed by atoms with Crippen molar-refractivity contribution in [1.82, 2.24) is 14.4 Å². The lowest BCUT2D eigenvalue weighted by molar-refractivity contribution is -0.159. The number of fused-ring (bicyclic) bond motifs is 2. The minimum atomic E-state index is -0.882. The number of nitrogens with zero attached hydrogens (tertiary/aromatic N) is 4. The van der Waals surface area contributed by atoms with Gasteiger partial charge >= 0.3 is 0 Å². The van der Waals surface area contributed by atoms with Gasteiger partial charge in [-0.15, -0.1) is 0 Å². The van der Waals surface area contributed by atoms with Crippen molar-refractivity contribution in [1.29, 1.82) is 0 Å². The van der Waals surface area contributed by atoms with Gasteiger partial charge in [0.05, 0.1) is 11.9 Å². The zero-order chi connectivity index (χ0) is 21.9. The third-order valence-corrected chi connectivity index (χ3v) is 6.96. The van der Waals surface area contributed by atoms with Crippen LogP contribution in [0.4, 0.5) is 0 Å². The van der Waals surface area contributed by atoms with Crippen molar-refractivity contribution >= 4 is 22.7 Å². The molecule has 3 aromatic rings. The zero-order valence-electron chi connectivity index (χ0n) is 17.8. The molecule has 3 heterocycles. The summed E-state index contributed by atoms with van der Waals surface area (Å²) in [6.07, 6.45) is 2.38. The molecule has 2 aliphatic heterocycles. The number of carbonyl (C=O) groups excluding carboxylic acids is 2. The van der Waals surface area contributed by atoms with Crippen LogP contribution in [0.15, 0.2) is 60.8 Å². The molecule has 5 rings (SSSR count). The van der Waals surface area contributed by atoms with Crippen LogP contribution in [0.3, 0.4) is 0 Å². The number of benzene rings is 2. The van der Waals surface area contributed by atoms with Crippen LogP contribution in [0.25, 0.3) is 21.4 Å². The lowest BCUT2D eigenvalue weighted by atomic mass is 9.87. The molecule has 2 amide bonds. The van der Waals surface area contributed by atoms with E-state index in [1.54, 1.807) is 18.9 Å². The van der Waals surface area contributed by atoms with E-state index in [-0.39, 0.29) is 11.8 Å². The summed E-state index contributed by atoms with van der Waals surface area (Å²) in [5.41, 5.74) is 2.06. The molecule has 2 fully saturated rings. The van der Waals surface area contributed by atoms with Gasteiger partial charge in [-0.05, 0) is 25.1 Å². The highest BCUT2D eigenvalue weighted by Gasteiger charge is 2.63. The van der Waals surface area contributed by atoms with Gasteiger partial charge in [-0.1, -0.05) is 36.4 Å². The SMILES string of the molecule is [C-]#[N+][C@@]1(C)C[C@H]2C(=O)N(C)[C@H](C)C(=O)N2C1c1cn(-c2ccccc2)c2ccccc12. The van der Waals surface area contributed by atoms with Gasteiger partial charge in [0.2, 0.25) is 11.8 Å². The van der Waals surface area contributed by atoms with E-state index >= 15 is 0 Å². The Morgan fingerprint density at radius 3 is 2.42 bits per heavy atom. The van der Waals surface area contributed by atoms with Gasteiger partial charge in [-0.2, -0.15) is 0 Å². The molecule has 6 nitrogen and oxygen atoms in total. The molecule has 2 saturated heterocycles. The summed E-state index contributed by atoms with van der Waals surface area (Å²) in [5.74, 6) is -0.183. The predicted octanol–water partition coefficient (Wildman–Crippen LogP) is 3.81. The molecular weight excluding hydrogens is 388 g/mol. The molecule has 0 N–H and O–H groups in total. The molecule has 6 heteroatoms. The molecular formula is C25H24N4O2. The van der Waals surface area contributed by atoms with Gasteiger partial charge in [0.15, 0.2) is 0 Å². The van der Waals surface area contributed by atoms with Gasteiger partial charge in [0.25, 0.3) is 5.54 Å². The van der Waals surface area contributed by atoms with Crippen molar-refractivity contribution in [2.24, 2.45) is 0 Å². The maximum Gasteiger partial charge on any atom is 0.256 e. The second-order valence-corrected chi connectivity index (χ2v) is 8.77. The average molecular weight is 412 g/mol. The van der Waals surface area contributed by atoms with Crippen LogP contribution >= 0.6 is 0 Å². The van der Waals surface area contributed by atoms with E-state index in [0.29, 0.717) is 6.42 Å². The van der Waals surface area contributed by atoms with Crippen molar-refractivity contribution in [3.05, 3.63) is 77.8 Å². The number of carbonyl (C=O) groups is 2. The van der Waals surface area contributed by atoms with Crippen LogP contribution in [0.1, 0.15) is 31.9 Å². The molecule has 0 bridgehead atoms. The van der Waals surface area contributed by atoms with Crippen molar-refractivity contribution in [2.75, 3.05) is 7.05 Å². The smallest absolute Gasteiger partial charge is 0.256 e. The quantitative estimate of drug-likeness (QED) is 0.601. The number of aromatic nitrogens is 1. The Labute approximate surface area is 181 Å². The van der Waals surface area contributed by atoms with Gasteiger partial charge in [-0.25, -0.2) is 6.57 Å². The van der Waals surface area contributed by atoms with Gasteiger partial charge < -0.3 is 19.2 Å². The van der Waals surface area contributed by atoms with Crippen molar-refractivity contribution in [3.63, 3.8) is 0 Å². The molecule has 0 radical (unpaired) electrons. The first-order chi connectivity index (χ1) is 14.9.